The van der Waals surface area contributed by atoms with E-state index >= 15 is 0 Å². The maximum atomic E-state index is 10.2. The fourth-order valence-electron chi connectivity index (χ4n) is 8.83. The van der Waals surface area contributed by atoms with E-state index < -0.39 is 0 Å². The van der Waals surface area contributed by atoms with Crippen molar-refractivity contribution in [3.8, 4) is 0 Å². The van der Waals surface area contributed by atoms with Crippen LogP contribution < -0.4 is 0 Å². The molecular formula is C24H42O2. The first-order valence-electron chi connectivity index (χ1n) is 11.7. The van der Waals surface area contributed by atoms with Crippen LogP contribution in [0.1, 0.15) is 91.4 Å². The minimum atomic E-state index is -0.0262. The number of aliphatic hydroxyl groups excluding tert-OH is 2. The van der Waals surface area contributed by atoms with Gasteiger partial charge < -0.3 is 10.2 Å². The third kappa shape index (κ3) is 2.89. The SMILES string of the molecule is C[C@H](CCCO)[C@@H]1CC[C@@H]2[C@@H]3CC[C@@H]4C[C@H](O)CC[C@]4(C)[C@@H]3CC[C@@]21C. The van der Waals surface area contributed by atoms with Gasteiger partial charge in [0.2, 0.25) is 0 Å². The van der Waals surface area contributed by atoms with Gasteiger partial charge >= 0.3 is 0 Å². The van der Waals surface area contributed by atoms with Crippen LogP contribution in [-0.4, -0.2) is 22.9 Å². The predicted molar refractivity (Wildman–Crippen MR) is 107 cm³/mol. The first-order chi connectivity index (χ1) is 12.4. The molecular weight excluding hydrogens is 320 g/mol. The van der Waals surface area contributed by atoms with Gasteiger partial charge in [0.05, 0.1) is 6.10 Å². The molecule has 0 heterocycles. The van der Waals surface area contributed by atoms with E-state index in [1.807, 2.05) is 0 Å². The molecule has 0 radical (unpaired) electrons. The molecule has 0 unspecified atom stereocenters. The van der Waals surface area contributed by atoms with Crippen molar-refractivity contribution in [1.29, 1.82) is 0 Å². The van der Waals surface area contributed by atoms with Gasteiger partial charge in [-0.3, -0.25) is 0 Å². The van der Waals surface area contributed by atoms with Gasteiger partial charge in [0.1, 0.15) is 0 Å². The molecule has 0 saturated heterocycles. The predicted octanol–water partition coefficient (Wildman–Crippen LogP) is 5.41. The third-order valence-corrected chi connectivity index (χ3v) is 10.2. The summed E-state index contributed by atoms with van der Waals surface area (Å²) in [5.74, 6) is 5.22. The van der Waals surface area contributed by atoms with Crippen LogP contribution in [0.5, 0.6) is 0 Å². The fourth-order valence-corrected chi connectivity index (χ4v) is 8.83. The van der Waals surface area contributed by atoms with Crippen LogP contribution in [0.15, 0.2) is 0 Å². The van der Waals surface area contributed by atoms with E-state index in [1.54, 1.807) is 0 Å². The molecule has 2 N–H and O–H groups in total. The Labute approximate surface area is 161 Å². The van der Waals surface area contributed by atoms with Crippen LogP contribution in [0.3, 0.4) is 0 Å². The van der Waals surface area contributed by atoms with Crippen LogP contribution in [-0.2, 0) is 0 Å². The van der Waals surface area contributed by atoms with Gasteiger partial charge in [0.15, 0.2) is 0 Å². The summed E-state index contributed by atoms with van der Waals surface area (Å²) in [6.45, 7) is 8.05. The van der Waals surface area contributed by atoms with Gasteiger partial charge in [-0.25, -0.2) is 0 Å². The molecule has 0 aromatic heterocycles. The topological polar surface area (TPSA) is 40.5 Å². The summed E-state index contributed by atoms with van der Waals surface area (Å²) in [4.78, 5) is 0. The summed E-state index contributed by atoms with van der Waals surface area (Å²) in [5.41, 5.74) is 1.05. The lowest BCUT2D eigenvalue weighted by molar-refractivity contribution is -0.129. The molecule has 9 atom stereocenters. The molecule has 0 aromatic rings. The van der Waals surface area contributed by atoms with E-state index in [1.165, 1.54) is 51.4 Å². The van der Waals surface area contributed by atoms with Crippen LogP contribution >= 0.6 is 0 Å². The number of hydrogen-bond donors (Lipinski definition) is 2. The van der Waals surface area contributed by atoms with Crippen molar-refractivity contribution in [3.63, 3.8) is 0 Å². The van der Waals surface area contributed by atoms with Crippen molar-refractivity contribution < 1.29 is 10.2 Å². The second kappa shape index (κ2) is 7.07. The molecule has 0 amide bonds. The summed E-state index contributed by atoms with van der Waals surface area (Å²) in [6.07, 6.45) is 14.1. The highest BCUT2D eigenvalue weighted by atomic mass is 16.3. The van der Waals surface area contributed by atoms with Crippen LogP contribution in [0, 0.1) is 46.3 Å². The highest BCUT2D eigenvalue weighted by molar-refractivity contribution is 5.09. The zero-order valence-corrected chi connectivity index (χ0v) is 17.4. The van der Waals surface area contributed by atoms with Crippen molar-refractivity contribution in [2.24, 2.45) is 46.3 Å². The molecule has 26 heavy (non-hydrogen) atoms. The second-order valence-electron chi connectivity index (χ2n) is 11.2. The molecule has 2 nitrogen and oxygen atoms in total. The Balaban J connectivity index is 1.52. The third-order valence-electron chi connectivity index (χ3n) is 10.2. The zero-order chi connectivity index (χ0) is 18.5. The summed E-state index contributed by atoms with van der Waals surface area (Å²) in [5, 5.41) is 19.4. The lowest BCUT2D eigenvalue weighted by atomic mass is 9.44. The summed E-state index contributed by atoms with van der Waals surface area (Å²) in [7, 11) is 0. The van der Waals surface area contributed by atoms with Crippen molar-refractivity contribution in [2.45, 2.75) is 97.5 Å². The Bertz CT molecular complexity index is 504. The average Bonchev–Trinajstić information content (AvgIpc) is 2.97. The molecule has 0 bridgehead atoms. The maximum absolute atomic E-state index is 10.2. The normalized spacial score (nSPS) is 52.0. The Hall–Kier alpha value is -0.0800. The number of hydrogen-bond acceptors (Lipinski definition) is 2. The zero-order valence-electron chi connectivity index (χ0n) is 17.4. The minimum absolute atomic E-state index is 0.0262. The molecule has 4 saturated carbocycles. The first kappa shape index (κ1) is 19.2. The van der Waals surface area contributed by atoms with Gasteiger partial charge in [0.25, 0.3) is 0 Å². The molecule has 4 fully saturated rings. The summed E-state index contributed by atoms with van der Waals surface area (Å²) >= 11 is 0. The fraction of sp³-hybridized carbons (Fsp3) is 1.00. The van der Waals surface area contributed by atoms with Gasteiger partial charge in [-0.2, -0.15) is 0 Å². The van der Waals surface area contributed by atoms with Crippen molar-refractivity contribution in [3.05, 3.63) is 0 Å². The van der Waals surface area contributed by atoms with Crippen LogP contribution in [0.25, 0.3) is 0 Å². The lowest BCUT2D eigenvalue weighted by Crippen LogP contribution is -2.54. The summed E-state index contributed by atoms with van der Waals surface area (Å²) in [6, 6.07) is 0. The molecule has 0 aromatic carbocycles. The van der Waals surface area contributed by atoms with Crippen molar-refractivity contribution in [2.75, 3.05) is 6.61 Å². The van der Waals surface area contributed by atoms with E-state index in [2.05, 4.69) is 20.8 Å². The molecule has 150 valence electrons. The quantitative estimate of drug-likeness (QED) is 0.701. The molecule has 0 aliphatic heterocycles. The van der Waals surface area contributed by atoms with Crippen LogP contribution in [0.2, 0.25) is 0 Å². The van der Waals surface area contributed by atoms with E-state index in [4.69, 9.17) is 0 Å². The highest BCUT2D eigenvalue weighted by Gasteiger charge is 2.60. The Morgan fingerprint density at radius 3 is 2.42 bits per heavy atom. The maximum Gasteiger partial charge on any atom is 0.0543 e. The number of fused-ring (bicyclic) bond motifs is 5. The van der Waals surface area contributed by atoms with E-state index in [9.17, 15) is 10.2 Å². The average molecular weight is 363 g/mol. The molecule has 2 heteroatoms. The highest BCUT2D eigenvalue weighted by Crippen LogP contribution is 2.68. The van der Waals surface area contributed by atoms with Crippen molar-refractivity contribution in [1.82, 2.24) is 0 Å². The first-order valence-corrected chi connectivity index (χ1v) is 11.7. The number of aliphatic hydroxyl groups is 2. The molecule has 4 aliphatic rings. The second-order valence-corrected chi connectivity index (χ2v) is 11.2. The Morgan fingerprint density at radius 1 is 0.923 bits per heavy atom. The van der Waals surface area contributed by atoms with Gasteiger partial charge in [-0.1, -0.05) is 20.8 Å². The molecule has 0 spiro atoms. The Kier molecular flexibility index (Phi) is 5.23. The van der Waals surface area contributed by atoms with Gasteiger partial charge in [0, 0.05) is 6.61 Å². The largest absolute Gasteiger partial charge is 0.396 e. The van der Waals surface area contributed by atoms with Crippen LogP contribution in [0.4, 0.5) is 0 Å². The molecule has 4 aliphatic carbocycles. The standard InChI is InChI=1S/C24H42O2/c1-16(5-4-14-25)20-8-9-21-19-7-6-17-15-18(26)10-12-23(17,2)22(19)11-13-24(20,21)3/h16-22,25-26H,4-15H2,1-3H3/t16-,17-,18-,19+,20+,21-,22-,23+,24-/m1/s1. The van der Waals surface area contributed by atoms with Gasteiger partial charge in [-0.15, -0.1) is 0 Å². The van der Waals surface area contributed by atoms with Crippen molar-refractivity contribution >= 4 is 0 Å². The number of rotatable bonds is 4. The van der Waals surface area contributed by atoms with E-state index in [-0.39, 0.29) is 6.10 Å². The van der Waals surface area contributed by atoms with E-state index in [0.717, 1.165) is 54.8 Å². The smallest absolute Gasteiger partial charge is 0.0543 e. The van der Waals surface area contributed by atoms with Gasteiger partial charge in [-0.05, 0) is 117 Å². The molecule has 4 rings (SSSR count). The summed E-state index contributed by atoms with van der Waals surface area (Å²) < 4.78 is 0. The monoisotopic (exact) mass is 362 g/mol. The van der Waals surface area contributed by atoms with E-state index in [0.29, 0.717) is 17.4 Å². The minimum Gasteiger partial charge on any atom is -0.396 e. The Morgan fingerprint density at radius 2 is 1.65 bits per heavy atom. The lowest BCUT2D eigenvalue weighted by Gasteiger charge is -2.61.